The summed E-state index contributed by atoms with van der Waals surface area (Å²) in [5.41, 5.74) is -0.0844. The summed E-state index contributed by atoms with van der Waals surface area (Å²) in [4.78, 5) is 0. The van der Waals surface area contributed by atoms with Gasteiger partial charge in [-0.05, 0) is 42.0 Å². The van der Waals surface area contributed by atoms with Gasteiger partial charge in [-0.3, -0.25) is 0 Å². The number of rotatable bonds is 3. The molecule has 0 radical (unpaired) electrons. The summed E-state index contributed by atoms with van der Waals surface area (Å²) in [6, 6.07) is 7.11. The second-order valence-corrected chi connectivity index (χ2v) is 5.54. The summed E-state index contributed by atoms with van der Waals surface area (Å²) in [7, 11) is 0. The van der Waals surface area contributed by atoms with Crippen LogP contribution in [0.1, 0.15) is 11.1 Å². The highest BCUT2D eigenvalue weighted by molar-refractivity contribution is 9.10. The molecule has 0 aliphatic rings. The van der Waals surface area contributed by atoms with Crippen LogP contribution in [0.25, 0.3) is 0 Å². The van der Waals surface area contributed by atoms with Crippen LogP contribution < -0.4 is 5.32 Å². The van der Waals surface area contributed by atoms with Gasteiger partial charge in [-0.1, -0.05) is 27.5 Å². The summed E-state index contributed by atoms with van der Waals surface area (Å²) in [6.45, 7) is 0.138. The Morgan fingerprint density at radius 3 is 2.48 bits per heavy atom. The maximum absolute atomic E-state index is 13.1. The van der Waals surface area contributed by atoms with Gasteiger partial charge >= 0.3 is 6.18 Å². The molecule has 0 aliphatic carbocycles. The quantitative estimate of drug-likeness (QED) is 0.654. The van der Waals surface area contributed by atoms with Crippen LogP contribution in [0.3, 0.4) is 0 Å². The Labute approximate surface area is 132 Å². The number of nitrogens with one attached hydrogen (secondary N) is 1. The van der Waals surface area contributed by atoms with Gasteiger partial charge in [0.25, 0.3) is 0 Å². The van der Waals surface area contributed by atoms with Crippen molar-refractivity contribution in [2.75, 3.05) is 5.32 Å². The van der Waals surface area contributed by atoms with Crippen molar-refractivity contribution >= 4 is 33.2 Å². The summed E-state index contributed by atoms with van der Waals surface area (Å²) in [5, 5.41) is 2.94. The predicted octanol–water partition coefficient (Wildman–Crippen LogP) is 5.87. The SMILES string of the molecule is Fc1ccc(Br)c(CNc2cc(C(F)(F)F)ccc2Cl)c1. The van der Waals surface area contributed by atoms with E-state index in [-0.39, 0.29) is 17.3 Å². The molecule has 2 aromatic carbocycles. The number of hydrogen-bond donors (Lipinski definition) is 1. The second-order valence-electron chi connectivity index (χ2n) is 4.28. The van der Waals surface area contributed by atoms with E-state index in [2.05, 4.69) is 21.2 Å². The van der Waals surface area contributed by atoms with Crippen LogP contribution in [0.4, 0.5) is 23.2 Å². The molecule has 0 aromatic heterocycles. The molecule has 0 unspecified atom stereocenters. The first-order valence-electron chi connectivity index (χ1n) is 5.82. The van der Waals surface area contributed by atoms with Crippen molar-refractivity contribution < 1.29 is 17.6 Å². The molecule has 112 valence electrons. The normalized spacial score (nSPS) is 11.5. The zero-order valence-corrected chi connectivity index (χ0v) is 12.8. The van der Waals surface area contributed by atoms with Crippen molar-refractivity contribution in [3.8, 4) is 0 Å². The van der Waals surface area contributed by atoms with E-state index in [1.165, 1.54) is 24.3 Å². The Morgan fingerprint density at radius 1 is 1.10 bits per heavy atom. The second kappa shape index (κ2) is 6.23. The molecule has 0 bridgehead atoms. The van der Waals surface area contributed by atoms with Gasteiger partial charge < -0.3 is 5.32 Å². The highest BCUT2D eigenvalue weighted by Gasteiger charge is 2.30. The van der Waals surface area contributed by atoms with Gasteiger partial charge in [0.05, 0.1) is 16.3 Å². The average molecular weight is 383 g/mol. The van der Waals surface area contributed by atoms with E-state index in [4.69, 9.17) is 11.6 Å². The number of hydrogen-bond acceptors (Lipinski definition) is 1. The summed E-state index contributed by atoms with van der Waals surface area (Å²) < 4.78 is 51.8. The fraction of sp³-hybridized carbons (Fsp3) is 0.143. The third-order valence-electron chi connectivity index (χ3n) is 2.77. The first kappa shape index (κ1) is 16.1. The molecular formula is C14H9BrClF4N. The lowest BCUT2D eigenvalue weighted by Crippen LogP contribution is -2.07. The summed E-state index contributed by atoms with van der Waals surface area (Å²) in [5.74, 6) is -0.426. The maximum Gasteiger partial charge on any atom is 0.416 e. The van der Waals surface area contributed by atoms with E-state index in [1.54, 1.807) is 0 Å². The van der Waals surface area contributed by atoms with Crippen molar-refractivity contribution in [2.24, 2.45) is 0 Å². The third kappa shape index (κ3) is 4.11. The van der Waals surface area contributed by atoms with Crippen LogP contribution in [0.15, 0.2) is 40.9 Å². The lowest BCUT2D eigenvalue weighted by Gasteiger charge is -2.13. The first-order chi connectivity index (χ1) is 9.77. The molecular weight excluding hydrogens is 374 g/mol. The van der Waals surface area contributed by atoms with E-state index in [0.29, 0.717) is 10.0 Å². The molecule has 1 nitrogen and oxygen atoms in total. The summed E-state index contributed by atoms with van der Waals surface area (Å²) in [6.07, 6.45) is -4.44. The number of halogens is 6. The van der Waals surface area contributed by atoms with Crippen LogP contribution in [0, 0.1) is 5.82 Å². The molecule has 0 saturated heterocycles. The van der Waals surface area contributed by atoms with Crippen LogP contribution >= 0.6 is 27.5 Å². The molecule has 0 saturated carbocycles. The van der Waals surface area contributed by atoms with Gasteiger partial charge in [-0.15, -0.1) is 0 Å². The van der Waals surface area contributed by atoms with Crippen molar-refractivity contribution in [1.82, 2.24) is 0 Å². The van der Waals surface area contributed by atoms with Gasteiger partial charge in [-0.25, -0.2) is 4.39 Å². The lowest BCUT2D eigenvalue weighted by molar-refractivity contribution is -0.137. The van der Waals surface area contributed by atoms with E-state index >= 15 is 0 Å². The highest BCUT2D eigenvalue weighted by Crippen LogP contribution is 2.34. The molecule has 0 fully saturated rings. The summed E-state index contributed by atoms with van der Waals surface area (Å²) >= 11 is 9.12. The molecule has 0 heterocycles. The molecule has 21 heavy (non-hydrogen) atoms. The molecule has 0 spiro atoms. The Morgan fingerprint density at radius 2 is 1.81 bits per heavy atom. The van der Waals surface area contributed by atoms with Crippen molar-refractivity contribution in [1.29, 1.82) is 0 Å². The Hall–Kier alpha value is -1.27. The van der Waals surface area contributed by atoms with Crippen molar-refractivity contribution in [2.45, 2.75) is 12.7 Å². The fourth-order valence-electron chi connectivity index (χ4n) is 1.71. The van der Waals surface area contributed by atoms with Crippen LogP contribution in [0.5, 0.6) is 0 Å². The molecule has 7 heteroatoms. The number of benzene rings is 2. The zero-order valence-electron chi connectivity index (χ0n) is 10.4. The molecule has 2 rings (SSSR count). The van der Waals surface area contributed by atoms with Crippen LogP contribution in [0.2, 0.25) is 5.02 Å². The molecule has 0 aliphatic heterocycles. The molecule has 2 aromatic rings. The maximum atomic E-state index is 13.1. The Kier molecular flexibility index (Phi) is 4.78. The zero-order chi connectivity index (χ0) is 15.6. The number of anilines is 1. The largest absolute Gasteiger partial charge is 0.416 e. The van der Waals surface area contributed by atoms with E-state index < -0.39 is 17.6 Å². The standard InChI is InChI=1S/C14H9BrClF4N/c15-11-3-2-10(17)5-8(11)7-21-13-6-9(14(18,19)20)1-4-12(13)16/h1-6,21H,7H2. The van der Waals surface area contributed by atoms with Gasteiger partial charge in [0.1, 0.15) is 5.82 Å². The molecule has 0 amide bonds. The van der Waals surface area contributed by atoms with Crippen molar-refractivity contribution in [3.05, 3.63) is 62.8 Å². The predicted molar refractivity (Wildman–Crippen MR) is 77.9 cm³/mol. The highest BCUT2D eigenvalue weighted by atomic mass is 79.9. The van der Waals surface area contributed by atoms with Gasteiger partial charge in [0, 0.05) is 11.0 Å². The topological polar surface area (TPSA) is 12.0 Å². The average Bonchev–Trinajstić information content (AvgIpc) is 2.40. The van der Waals surface area contributed by atoms with Crippen LogP contribution in [-0.2, 0) is 12.7 Å². The minimum atomic E-state index is -4.44. The first-order valence-corrected chi connectivity index (χ1v) is 6.99. The Bertz CT molecular complexity index is 658. The van der Waals surface area contributed by atoms with Gasteiger partial charge in [-0.2, -0.15) is 13.2 Å². The van der Waals surface area contributed by atoms with E-state index in [0.717, 1.165) is 12.1 Å². The van der Waals surface area contributed by atoms with Crippen LogP contribution in [-0.4, -0.2) is 0 Å². The fourth-order valence-corrected chi connectivity index (χ4v) is 2.28. The monoisotopic (exact) mass is 381 g/mol. The Balaban J connectivity index is 2.22. The third-order valence-corrected chi connectivity index (χ3v) is 3.87. The molecule has 1 N–H and O–H groups in total. The van der Waals surface area contributed by atoms with Gasteiger partial charge in [0.2, 0.25) is 0 Å². The molecule has 0 atom stereocenters. The number of alkyl halides is 3. The minimum absolute atomic E-state index is 0.138. The van der Waals surface area contributed by atoms with Crippen molar-refractivity contribution in [3.63, 3.8) is 0 Å². The van der Waals surface area contributed by atoms with Gasteiger partial charge in [0.15, 0.2) is 0 Å². The minimum Gasteiger partial charge on any atom is -0.380 e. The van der Waals surface area contributed by atoms with E-state index in [1.807, 2.05) is 0 Å². The smallest absolute Gasteiger partial charge is 0.380 e. The lowest BCUT2D eigenvalue weighted by atomic mass is 10.1. The van der Waals surface area contributed by atoms with E-state index in [9.17, 15) is 17.6 Å².